The van der Waals surface area contributed by atoms with Gasteiger partial charge in [0.15, 0.2) is 5.82 Å². The van der Waals surface area contributed by atoms with E-state index in [1.165, 1.54) is 18.3 Å². The van der Waals surface area contributed by atoms with E-state index in [4.69, 9.17) is 5.21 Å². The van der Waals surface area contributed by atoms with E-state index in [2.05, 4.69) is 14.7 Å². The lowest BCUT2D eigenvalue weighted by molar-refractivity contribution is -0.838. The van der Waals surface area contributed by atoms with Crippen LogP contribution in [0.1, 0.15) is 18.3 Å². The van der Waals surface area contributed by atoms with Crippen LogP contribution in [0.5, 0.6) is 0 Å². The molecule has 2 aromatic rings. The van der Waals surface area contributed by atoms with Crippen molar-refractivity contribution < 1.29 is 23.9 Å². The minimum atomic E-state index is -4.39. The Hall–Kier alpha value is -2.23. The summed E-state index contributed by atoms with van der Waals surface area (Å²) in [5, 5.41) is 11.7. The average molecular weight is 343 g/mol. The van der Waals surface area contributed by atoms with E-state index < -0.39 is 11.7 Å². The third-order valence-corrected chi connectivity index (χ3v) is 3.39. The fourth-order valence-electron chi connectivity index (χ4n) is 1.66. The van der Waals surface area contributed by atoms with Crippen molar-refractivity contribution in [1.82, 2.24) is 9.36 Å². The van der Waals surface area contributed by atoms with Crippen molar-refractivity contribution in [2.45, 2.75) is 13.1 Å². The van der Waals surface area contributed by atoms with Gasteiger partial charge < -0.3 is 5.32 Å². The zero-order valence-corrected chi connectivity index (χ0v) is 12.8. The Morgan fingerprint density at radius 2 is 2.17 bits per heavy atom. The van der Waals surface area contributed by atoms with Gasteiger partial charge >= 0.3 is 6.18 Å². The van der Waals surface area contributed by atoms with Crippen molar-refractivity contribution in [2.75, 3.05) is 5.32 Å². The van der Waals surface area contributed by atoms with Crippen molar-refractivity contribution in [3.8, 4) is 0 Å². The molecule has 1 aromatic carbocycles. The molecule has 0 aliphatic heterocycles. The Labute approximate surface area is 134 Å². The second kappa shape index (κ2) is 7.36. The van der Waals surface area contributed by atoms with Crippen LogP contribution in [0.3, 0.4) is 0 Å². The standard InChI is InChI=1S/C14H13F3N4OS/c1-9(4-3-7-18-22)12-20-13(23-21-12)19-11-6-2-5-10(8-11)14(15,16)17/h2-8,18,22H,1H3,(H,19,20,21)/p+1/b7-3-,9-4+. The van der Waals surface area contributed by atoms with Crippen LogP contribution in [-0.4, -0.2) is 14.6 Å². The van der Waals surface area contributed by atoms with Crippen LogP contribution in [0, 0.1) is 0 Å². The number of quaternary nitrogens is 1. The molecule has 0 saturated carbocycles. The molecule has 0 unspecified atom stereocenters. The fourth-order valence-corrected chi connectivity index (χ4v) is 2.30. The number of anilines is 2. The van der Waals surface area contributed by atoms with Crippen molar-refractivity contribution in [3.63, 3.8) is 0 Å². The van der Waals surface area contributed by atoms with E-state index in [9.17, 15) is 13.2 Å². The van der Waals surface area contributed by atoms with Gasteiger partial charge in [-0.15, -0.1) is 0 Å². The molecule has 0 aliphatic carbocycles. The highest BCUT2D eigenvalue weighted by molar-refractivity contribution is 7.09. The Balaban J connectivity index is 2.13. The highest BCUT2D eigenvalue weighted by Gasteiger charge is 2.30. The number of hydrogen-bond donors (Lipinski definition) is 3. The van der Waals surface area contributed by atoms with Crippen LogP contribution in [0.15, 0.2) is 42.6 Å². The highest BCUT2D eigenvalue weighted by atomic mass is 32.1. The first-order chi connectivity index (χ1) is 10.9. The second-order valence-corrected chi connectivity index (χ2v) is 5.26. The number of hydroxylamine groups is 1. The van der Waals surface area contributed by atoms with Crippen LogP contribution in [0.2, 0.25) is 0 Å². The second-order valence-electron chi connectivity index (χ2n) is 4.51. The smallest absolute Gasteiger partial charge is 0.330 e. The summed E-state index contributed by atoms with van der Waals surface area (Å²) in [7, 11) is 0. The first-order valence-corrected chi connectivity index (χ1v) is 7.27. The minimum Gasteiger partial charge on any atom is -0.330 e. The van der Waals surface area contributed by atoms with Crippen LogP contribution >= 0.6 is 11.5 Å². The maximum Gasteiger partial charge on any atom is 0.416 e. The maximum atomic E-state index is 12.7. The lowest BCUT2D eigenvalue weighted by Gasteiger charge is -2.08. The summed E-state index contributed by atoms with van der Waals surface area (Å²) >= 11 is 1.05. The van der Waals surface area contributed by atoms with Crippen molar-refractivity contribution in [1.29, 1.82) is 0 Å². The molecule has 1 aromatic heterocycles. The molecule has 122 valence electrons. The molecular formula is C14H14F3N4OS+. The van der Waals surface area contributed by atoms with E-state index in [1.54, 1.807) is 19.1 Å². The molecule has 1 heterocycles. The van der Waals surface area contributed by atoms with Gasteiger partial charge in [-0.2, -0.15) is 28.0 Å². The number of alkyl halides is 3. The zero-order valence-electron chi connectivity index (χ0n) is 12.0. The van der Waals surface area contributed by atoms with Gasteiger partial charge in [0, 0.05) is 17.2 Å². The van der Waals surface area contributed by atoms with E-state index in [-0.39, 0.29) is 0 Å². The third-order valence-electron chi connectivity index (χ3n) is 2.76. The number of nitrogens with zero attached hydrogens (tertiary/aromatic N) is 2. The average Bonchev–Trinajstić information content (AvgIpc) is 2.95. The summed E-state index contributed by atoms with van der Waals surface area (Å²) in [5.41, 5.74) is 1.22. The Kier molecular flexibility index (Phi) is 5.48. The predicted octanol–water partition coefficient (Wildman–Crippen LogP) is 3.17. The van der Waals surface area contributed by atoms with Gasteiger partial charge in [-0.1, -0.05) is 12.1 Å². The van der Waals surface area contributed by atoms with Crippen molar-refractivity contribution >= 4 is 27.9 Å². The molecule has 0 spiro atoms. The molecule has 2 rings (SSSR count). The Morgan fingerprint density at radius 3 is 2.87 bits per heavy atom. The molecule has 0 amide bonds. The number of nitrogens with two attached hydrogens (primary N) is 1. The first-order valence-electron chi connectivity index (χ1n) is 6.49. The fraction of sp³-hybridized carbons (Fsp3) is 0.143. The number of benzene rings is 1. The topological polar surface area (TPSA) is 74.7 Å². The van der Waals surface area contributed by atoms with Crippen molar-refractivity contribution in [3.05, 3.63) is 54.0 Å². The number of rotatable bonds is 5. The summed E-state index contributed by atoms with van der Waals surface area (Å²) in [5.74, 6) is 0.465. The number of allylic oxidation sites excluding steroid dienone is 3. The number of nitrogens with one attached hydrogen (secondary N) is 1. The molecule has 0 atom stereocenters. The molecule has 4 N–H and O–H groups in total. The third kappa shape index (κ3) is 4.88. The largest absolute Gasteiger partial charge is 0.416 e. The first kappa shape index (κ1) is 17.1. The van der Waals surface area contributed by atoms with E-state index in [0.29, 0.717) is 16.6 Å². The minimum absolute atomic E-state index is 0.291. The van der Waals surface area contributed by atoms with E-state index in [1.807, 2.05) is 0 Å². The molecule has 0 aliphatic rings. The number of hydrogen-bond acceptors (Lipinski definition) is 5. The molecule has 0 fully saturated rings. The molecule has 0 bridgehead atoms. The summed E-state index contributed by atoms with van der Waals surface area (Å²) in [6.45, 7) is 1.79. The molecule has 5 nitrogen and oxygen atoms in total. The Bertz CT molecular complexity index is 725. The Morgan fingerprint density at radius 1 is 1.39 bits per heavy atom. The van der Waals surface area contributed by atoms with Gasteiger partial charge in [0.1, 0.15) is 6.20 Å². The lowest BCUT2D eigenvalue weighted by Crippen LogP contribution is -2.73. The van der Waals surface area contributed by atoms with Gasteiger partial charge in [-0.25, -0.2) is 5.21 Å². The van der Waals surface area contributed by atoms with Gasteiger partial charge in [0.2, 0.25) is 5.13 Å². The molecule has 0 saturated heterocycles. The maximum absolute atomic E-state index is 12.7. The highest BCUT2D eigenvalue weighted by Crippen LogP contribution is 2.31. The van der Waals surface area contributed by atoms with Gasteiger partial charge in [-0.3, -0.25) is 0 Å². The van der Waals surface area contributed by atoms with Crippen LogP contribution in [0.25, 0.3) is 5.57 Å². The quantitative estimate of drug-likeness (QED) is 0.576. The summed E-state index contributed by atoms with van der Waals surface area (Å²) in [6.07, 6.45) is 0.385. The monoisotopic (exact) mass is 343 g/mol. The van der Waals surface area contributed by atoms with Crippen LogP contribution in [-0.2, 0) is 6.18 Å². The van der Waals surface area contributed by atoms with E-state index >= 15 is 0 Å². The SMILES string of the molecule is C/C(=C\C=C/[NH2+]O)c1nsc(Nc2cccc(C(F)(F)F)c2)n1. The number of aromatic nitrogens is 2. The van der Waals surface area contributed by atoms with Crippen molar-refractivity contribution in [2.24, 2.45) is 0 Å². The van der Waals surface area contributed by atoms with Crippen LogP contribution in [0.4, 0.5) is 24.0 Å². The van der Waals surface area contributed by atoms with Crippen LogP contribution < -0.4 is 10.8 Å². The zero-order chi connectivity index (χ0) is 16.9. The molecular weight excluding hydrogens is 329 g/mol. The lowest BCUT2D eigenvalue weighted by atomic mass is 10.2. The molecule has 9 heteroatoms. The number of halogens is 3. The molecule has 0 radical (unpaired) electrons. The van der Waals surface area contributed by atoms with E-state index in [0.717, 1.165) is 34.7 Å². The van der Waals surface area contributed by atoms with Gasteiger partial charge in [0.25, 0.3) is 0 Å². The summed E-state index contributed by atoms with van der Waals surface area (Å²) in [6, 6.07) is 4.88. The normalized spacial score (nSPS) is 12.8. The summed E-state index contributed by atoms with van der Waals surface area (Å²) < 4.78 is 42.2. The van der Waals surface area contributed by atoms with Gasteiger partial charge in [0.05, 0.1) is 5.56 Å². The summed E-state index contributed by atoms with van der Waals surface area (Å²) in [4.78, 5) is 4.22. The predicted molar refractivity (Wildman–Crippen MR) is 81.1 cm³/mol. The molecule has 23 heavy (non-hydrogen) atoms. The van der Waals surface area contributed by atoms with Gasteiger partial charge in [-0.05, 0) is 36.8 Å².